The van der Waals surface area contributed by atoms with Crippen LogP contribution < -0.4 is 3.32 Å². The van der Waals surface area contributed by atoms with Gasteiger partial charge in [0.25, 0.3) is 0 Å². The molecule has 74 valence electrons. The van der Waals surface area contributed by atoms with E-state index in [9.17, 15) is 0 Å². The van der Waals surface area contributed by atoms with Gasteiger partial charge in [0.15, 0.2) is 0 Å². The molecule has 1 nitrogen and oxygen atoms in total. The predicted octanol–water partition coefficient (Wildman–Crippen LogP) is 3.88. The molecule has 0 saturated heterocycles. The van der Waals surface area contributed by atoms with Crippen LogP contribution in [0.3, 0.4) is 0 Å². The number of rotatable bonds is 3. The van der Waals surface area contributed by atoms with Gasteiger partial charge in [-0.15, -0.1) is 0 Å². The molecule has 0 N–H and O–H groups in total. The monoisotopic (exact) mass is 252 g/mol. The van der Waals surface area contributed by atoms with Gasteiger partial charge >= 0.3 is 103 Å². The van der Waals surface area contributed by atoms with Crippen LogP contribution in [0.15, 0.2) is 54.6 Å². The van der Waals surface area contributed by atoms with Crippen LogP contribution in [0.5, 0.6) is 5.75 Å². The number of hydrogen-bond donors (Lipinski definition) is 0. The van der Waals surface area contributed by atoms with Gasteiger partial charge < -0.3 is 0 Å². The van der Waals surface area contributed by atoms with Crippen LogP contribution in [-0.4, -0.2) is 0 Å². The fourth-order valence-electron chi connectivity index (χ4n) is 1.45. The van der Waals surface area contributed by atoms with Gasteiger partial charge in [-0.05, 0) is 0 Å². The zero-order valence-corrected chi connectivity index (χ0v) is 10.3. The van der Waals surface area contributed by atoms with Crippen molar-refractivity contribution >= 4 is 9.30 Å². The van der Waals surface area contributed by atoms with Crippen LogP contribution >= 0.6 is 9.30 Å². The Balaban J connectivity index is 2.43. The van der Waals surface area contributed by atoms with Crippen LogP contribution in [0.1, 0.15) is 0 Å². The van der Waals surface area contributed by atoms with E-state index >= 15 is 0 Å². The van der Waals surface area contributed by atoms with Crippen LogP contribution in [0.2, 0.25) is 0 Å². The number of para-hydroxylation sites is 1. The molecule has 0 radical (unpaired) electrons. The molecule has 0 atom stereocenters. The normalized spacial score (nSPS) is 9.67. The van der Waals surface area contributed by atoms with Crippen molar-refractivity contribution < 1.29 is 21.8 Å². The molecule has 0 saturated carbocycles. The van der Waals surface area contributed by atoms with Crippen molar-refractivity contribution in [3.8, 4) is 16.9 Å². The van der Waals surface area contributed by atoms with Crippen molar-refractivity contribution in [2.45, 2.75) is 0 Å². The molecule has 0 spiro atoms. The van der Waals surface area contributed by atoms with Crippen molar-refractivity contribution in [2.75, 3.05) is 0 Å². The molecule has 2 aromatic carbocycles. The maximum atomic E-state index is 5.70. The molecule has 0 aliphatic carbocycles. The Labute approximate surface area is 102 Å². The molecule has 2 aromatic rings. The summed E-state index contributed by atoms with van der Waals surface area (Å²) in [4.78, 5) is 0. The molecule has 0 aliphatic heterocycles. The van der Waals surface area contributed by atoms with Gasteiger partial charge in [-0.2, -0.15) is 0 Å². The van der Waals surface area contributed by atoms with Crippen molar-refractivity contribution in [3.63, 3.8) is 0 Å². The third-order valence-electron chi connectivity index (χ3n) is 2.12. The molecule has 0 amide bonds. The summed E-state index contributed by atoms with van der Waals surface area (Å²) in [5.74, 6) is 0.874. The molecule has 0 fully saturated rings. The SMILES string of the molecule is [Cl][Ti][O]c1ccccc1-c1ccccc1. The first-order valence-electron chi connectivity index (χ1n) is 4.59. The standard InChI is InChI=1S/C12H10O.ClH.Ti/c13-12-9-5-4-8-11(12)10-6-2-1-3-7-10;;/h1-9,13H;1H;/q;;+2/p-2. The molecule has 0 aromatic heterocycles. The third-order valence-corrected chi connectivity index (χ3v) is 2.90. The first-order valence-corrected chi connectivity index (χ1v) is 7.37. The second-order valence-corrected chi connectivity index (χ2v) is 4.24. The van der Waals surface area contributed by atoms with Gasteiger partial charge in [0.1, 0.15) is 0 Å². The quantitative estimate of drug-likeness (QED) is 0.753. The van der Waals surface area contributed by atoms with Gasteiger partial charge in [-0.1, -0.05) is 0 Å². The Morgan fingerprint density at radius 3 is 2.27 bits per heavy atom. The van der Waals surface area contributed by atoms with Crippen molar-refractivity contribution in [3.05, 3.63) is 54.6 Å². The first kappa shape index (κ1) is 10.8. The minimum atomic E-state index is -0.827. The summed E-state index contributed by atoms with van der Waals surface area (Å²) < 4.78 is 5.48. The zero-order chi connectivity index (χ0) is 10.5. The third kappa shape index (κ3) is 2.63. The van der Waals surface area contributed by atoms with Gasteiger partial charge in [0.05, 0.1) is 0 Å². The minimum absolute atomic E-state index is 0.827. The van der Waals surface area contributed by atoms with Crippen LogP contribution in [-0.2, 0) is 18.5 Å². The molecule has 0 heterocycles. The van der Waals surface area contributed by atoms with E-state index in [1.165, 1.54) is 0 Å². The summed E-state index contributed by atoms with van der Waals surface area (Å²) in [6, 6.07) is 18.1. The Morgan fingerprint density at radius 2 is 1.53 bits per heavy atom. The second-order valence-electron chi connectivity index (χ2n) is 3.04. The van der Waals surface area contributed by atoms with Crippen molar-refractivity contribution in [1.29, 1.82) is 0 Å². The van der Waals surface area contributed by atoms with E-state index in [2.05, 4.69) is 12.1 Å². The molecule has 2 rings (SSSR count). The summed E-state index contributed by atoms with van der Waals surface area (Å²) in [6.45, 7) is 0. The fourth-order valence-corrected chi connectivity index (χ4v) is 2.20. The second kappa shape index (κ2) is 5.36. The zero-order valence-electron chi connectivity index (χ0n) is 7.98. The maximum absolute atomic E-state index is 5.70. The summed E-state index contributed by atoms with van der Waals surface area (Å²) in [7, 11) is 5.70. The van der Waals surface area contributed by atoms with E-state index in [1.54, 1.807) is 0 Å². The molecule has 0 bridgehead atoms. The first-order chi connectivity index (χ1) is 7.42. The average molecular weight is 253 g/mol. The van der Waals surface area contributed by atoms with Gasteiger partial charge in [-0.3, -0.25) is 0 Å². The van der Waals surface area contributed by atoms with Crippen LogP contribution in [0.4, 0.5) is 0 Å². The number of halogens is 1. The van der Waals surface area contributed by atoms with Gasteiger partial charge in [0.2, 0.25) is 0 Å². The van der Waals surface area contributed by atoms with Crippen molar-refractivity contribution in [1.82, 2.24) is 0 Å². The van der Waals surface area contributed by atoms with E-state index in [0.29, 0.717) is 0 Å². The molecular formula is C12H9ClOTi. The van der Waals surface area contributed by atoms with E-state index < -0.39 is 18.5 Å². The summed E-state index contributed by atoms with van der Waals surface area (Å²) in [5, 5.41) is 0. The summed E-state index contributed by atoms with van der Waals surface area (Å²) in [6.07, 6.45) is 0. The molecule has 0 aliphatic rings. The average Bonchev–Trinajstić information content (AvgIpc) is 2.31. The Hall–Kier alpha value is -0.756. The number of hydrogen-bond acceptors (Lipinski definition) is 1. The fraction of sp³-hybridized carbons (Fsp3) is 0. The summed E-state index contributed by atoms with van der Waals surface area (Å²) >= 11 is -0.827. The van der Waals surface area contributed by atoms with Crippen molar-refractivity contribution in [2.24, 2.45) is 0 Å². The van der Waals surface area contributed by atoms with Crippen LogP contribution in [0, 0.1) is 0 Å². The predicted molar refractivity (Wildman–Crippen MR) is 58.4 cm³/mol. The Morgan fingerprint density at radius 1 is 0.867 bits per heavy atom. The van der Waals surface area contributed by atoms with Gasteiger partial charge in [0, 0.05) is 0 Å². The van der Waals surface area contributed by atoms with E-state index in [-0.39, 0.29) is 0 Å². The molecule has 15 heavy (non-hydrogen) atoms. The van der Waals surface area contributed by atoms with E-state index in [1.807, 2.05) is 42.5 Å². The number of benzene rings is 2. The van der Waals surface area contributed by atoms with E-state index in [4.69, 9.17) is 12.6 Å². The topological polar surface area (TPSA) is 9.23 Å². The molecular weight excluding hydrogens is 243 g/mol. The van der Waals surface area contributed by atoms with Gasteiger partial charge in [-0.25, -0.2) is 0 Å². The van der Waals surface area contributed by atoms with Crippen LogP contribution in [0.25, 0.3) is 11.1 Å². The summed E-state index contributed by atoms with van der Waals surface area (Å²) in [5.41, 5.74) is 2.26. The molecule has 0 unspecified atom stereocenters. The Bertz CT molecular complexity index is 431. The van der Waals surface area contributed by atoms with E-state index in [0.717, 1.165) is 16.9 Å². The molecule has 3 heteroatoms. The Kier molecular flexibility index (Phi) is 3.84.